The monoisotopic (exact) mass is 217 g/mol. The van der Waals surface area contributed by atoms with Gasteiger partial charge in [-0.05, 0) is 18.7 Å². The van der Waals surface area contributed by atoms with E-state index in [2.05, 4.69) is 0 Å². The van der Waals surface area contributed by atoms with Gasteiger partial charge >= 0.3 is 6.18 Å². The first-order chi connectivity index (χ1) is 6.95. The lowest BCUT2D eigenvalue weighted by molar-refractivity contribution is -0.137. The SMILES string of the molecule is [NH-][C@H](CCN)c1ccc(C(F)(F)F)cc1. The summed E-state index contributed by atoms with van der Waals surface area (Å²) in [4.78, 5) is 0. The highest BCUT2D eigenvalue weighted by molar-refractivity contribution is 5.27. The second-order valence-electron chi connectivity index (χ2n) is 3.25. The van der Waals surface area contributed by atoms with E-state index in [9.17, 15) is 13.2 Å². The molecule has 0 radical (unpaired) electrons. The first kappa shape index (κ1) is 12.0. The number of hydrogen-bond donors (Lipinski definition) is 1. The Bertz CT molecular complexity index is 305. The van der Waals surface area contributed by atoms with Crippen molar-refractivity contribution in [2.75, 3.05) is 6.54 Å². The maximum Gasteiger partial charge on any atom is 0.416 e. The van der Waals surface area contributed by atoms with Crippen LogP contribution in [0.3, 0.4) is 0 Å². The zero-order valence-corrected chi connectivity index (χ0v) is 8.01. The van der Waals surface area contributed by atoms with Gasteiger partial charge < -0.3 is 11.5 Å². The predicted octanol–water partition coefficient (Wildman–Crippen LogP) is 3.15. The van der Waals surface area contributed by atoms with Gasteiger partial charge in [0, 0.05) is 0 Å². The second kappa shape index (κ2) is 4.63. The molecule has 0 aromatic heterocycles. The number of alkyl halides is 3. The normalized spacial score (nSPS) is 13.9. The third kappa shape index (κ3) is 3.21. The van der Waals surface area contributed by atoms with Gasteiger partial charge in [-0.15, -0.1) is 6.04 Å². The summed E-state index contributed by atoms with van der Waals surface area (Å²) in [5.41, 5.74) is 12.7. The minimum atomic E-state index is -4.32. The number of halogens is 3. The molecule has 0 saturated heterocycles. The maximum absolute atomic E-state index is 12.2. The molecule has 0 fully saturated rings. The van der Waals surface area contributed by atoms with E-state index in [0.29, 0.717) is 18.5 Å². The molecule has 0 aliphatic rings. The Morgan fingerprint density at radius 2 is 1.73 bits per heavy atom. The molecular formula is C10H12F3N2-. The van der Waals surface area contributed by atoms with Gasteiger partial charge in [-0.1, -0.05) is 24.1 Å². The fourth-order valence-electron chi connectivity index (χ4n) is 1.24. The summed E-state index contributed by atoms with van der Waals surface area (Å²) in [6.45, 7) is 0.356. The molecule has 1 aromatic rings. The Labute approximate surface area is 86.1 Å². The average Bonchev–Trinajstić information content (AvgIpc) is 2.17. The molecule has 0 amide bonds. The van der Waals surface area contributed by atoms with E-state index in [1.54, 1.807) is 0 Å². The summed E-state index contributed by atoms with van der Waals surface area (Å²) in [5, 5.41) is 0. The molecule has 0 unspecified atom stereocenters. The van der Waals surface area contributed by atoms with E-state index in [0.717, 1.165) is 12.1 Å². The third-order valence-electron chi connectivity index (χ3n) is 2.10. The number of nitrogens with one attached hydrogen (secondary N) is 1. The fourth-order valence-corrected chi connectivity index (χ4v) is 1.24. The predicted molar refractivity (Wildman–Crippen MR) is 52.2 cm³/mol. The average molecular weight is 217 g/mol. The van der Waals surface area contributed by atoms with Crippen molar-refractivity contribution < 1.29 is 13.2 Å². The molecule has 5 heteroatoms. The van der Waals surface area contributed by atoms with Crippen LogP contribution in [0.2, 0.25) is 0 Å². The highest BCUT2D eigenvalue weighted by Gasteiger charge is 2.29. The molecule has 84 valence electrons. The quantitative estimate of drug-likeness (QED) is 0.830. The molecule has 0 spiro atoms. The first-order valence-electron chi connectivity index (χ1n) is 4.53. The van der Waals surface area contributed by atoms with Crippen molar-refractivity contribution in [3.63, 3.8) is 0 Å². The van der Waals surface area contributed by atoms with Crippen LogP contribution in [-0.4, -0.2) is 6.54 Å². The van der Waals surface area contributed by atoms with Gasteiger partial charge in [0.25, 0.3) is 0 Å². The van der Waals surface area contributed by atoms with E-state index in [4.69, 9.17) is 11.5 Å². The van der Waals surface area contributed by atoms with Crippen molar-refractivity contribution in [1.29, 1.82) is 0 Å². The van der Waals surface area contributed by atoms with E-state index in [1.807, 2.05) is 0 Å². The van der Waals surface area contributed by atoms with Crippen LogP contribution in [0, 0.1) is 0 Å². The number of rotatable bonds is 3. The standard InChI is InChI=1S/C10H12F3N2/c11-10(12,13)8-3-1-7(2-4-8)9(15)5-6-14/h1-4,9,15H,5-6,14H2/q-1/t9-/m1/s1. The molecule has 0 aliphatic heterocycles. The van der Waals surface area contributed by atoms with Crippen LogP contribution in [0.1, 0.15) is 23.6 Å². The van der Waals surface area contributed by atoms with Crippen molar-refractivity contribution in [2.45, 2.75) is 18.6 Å². The lowest BCUT2D eigenvalue weighted by Gasteiger charge is -2.20. The van der Waals surface area contributed by atoms with Crippen LogP contribution in [0.4, 0.5) is 13.2 Å². The molecule has 0 heterocycles. The van der Waals surface area contributed by atoms with Crippen LogP contribution in [-0.2, 0) is 6.18 Å². The maximum atomic E-state index is 12.2. The molecule has 1 aromatic carbocycles. The Hall–Kier alpha value is -1.07. The zero-order chi connectivity index (χ0) is 11.5. The summed E-state index contributed by atoms with van der Waals surface area (Å²) in [5.74, 6) is 0. The number of hydrogen-bond acceptors (Lipinski definition) is 1. The Balaban J connectivity index is 2.81. The fraction of sp³-hybridized carbons (Fsp3) is 0.400. The topological polar surface area (TPSA) is 49.8 Å². The summed E-state index contributed by atoms with van der Waals surface area (Å²) < 4.78 is 36.6. The van der Waals surface area contributed by atoms with Crippen molar-refractivity contribution in [3.05, 3.63) is 41.1 Å². The van der Waals surface area contributed by atoms with Gasteiger partial charge in [-0.25, -0.2) is 0 Å². The van der Waals surface area contributed by atoms with E-state index in [-0.39, 0.29) is 0 Å². The van der Waals surface area contributed by atoms with E-state index in [1.165, 1.54) is 12.1 Å². The molecule has 1 rings (SSSR count). The molecule has 0 aliphatic carbocycles. The molecule has 2 nitrogen and oxygen atoms in total. The van der Waals surface area contributed by atoms with Gasteiger partial charge in [-0.2, -0.15) is 13.2 Å². The minimum Gasteiger partial charge on any atom is -0.671 e. The molecule has 0 bridgehead atoms. The van der Waals surface area contributed by atoms with Gasteiger partial charge in [0.2, 0.25) is 0 Å². The molecular weight excluding hydrogens is 205 g/mol. The van der Waals surface area contributed by atoms with Crippen LogP contribution >= 0.6 is 0 Å². The first-order valence-corrected chi connectivity index (χ1v) is 4.53. The lowest BCUT2D eigenvalue weighted by Crippen LogP contribution is -2.06. The van der Waals surface area contributed by atoms with Crippen molar-refractivity contribution >= 4 is 0 Å². The molecule has 0 saturated carbocycles. The molecule has 15 heavy (non-hydrogen) atoms. The van der Waals surface area contributed by atoms with Crippen molar-refractivity contribution in [3.8, 4) is 0 Å². The highest BCUT2D eigenvalue weighted by atomic mass is 19.4. The number of nitrogens with two attached hydrogens (primary N) is 1. The summed E-state index contributed by atoms with van der Waals surface area (Å²) >= 11 is 0. The van der Waals surface area contributed by atoms with Crippen LogP contribution in [0.15, 0.2) is 24.3 Å². The lowest BCUT2D eigenvalue weighted by atomic mass is 10.0. The van der Waals surface area contributed by atoms with Gasteiger partial charge in [0.15, 0.2) is 0 Å². The summed E-state index contributed by atoms with van der Waals surface area (Å²) in [6.07, 6.45) is -3.87. The van der Waals surface area contributed by atoms with Crippen molar-refractivity contribution in [1.82, 2.24) is 0 Å². The van der Waals surface area contributed by atoms with Crippen molar-refractivity contribution in [2.24, 2.45) is 5.73 Å². The van der Waals surface area contributed by atoms with E-state index >= 15 is 0 Å². The molecule has 1 atom stereocenters. The largest absolute Gasteiger partial charge is 0.671 e. The number of benzene rings is 1. The molecule has 3 N–H and O–H groups in total. The Kier molecular flexibility index (Phi) is 3.71. The van der Waals surface area contributed by atoms with Crippen LogP contribution in [0.25, 0.3) is 5.73 Å². The van der Waals surface area contributed by atoms with Gasteiger partial charge in [0.1, 0.15) is 0 Å². The summed E-state index contributed by atoms with van der Waals surface area (Å²) in [6, 6.07) is 4.10. The smallest absolute Gasteiger partial charge is 0.416 e. The summed E-state index contributed by atoms with van der Waals surface area (Å²) in [7, 11) is 0. The Morgan fingerprint density at radius 3 is 2.13 bits per heavy atom. The van der Waals surface area contributed by atoms with Crippen LogP contribution < -0.4 is 5.73 Å². The van der Waals surface area contributed by atoms with Gasteiger partial charge in [-0.3, -0.25) is 0 Å². The highest BCUT2D eigenvalue weighted by Crippen LogP contribution is 2.30. The van der Waals surface area contributed by atoms with Crippen LogP contribution in [0.5, 0.6) is 0 Å². The van der Waals surface area contributed by atoms with E-state index < -0.39 is 17.8 Å². The minimum absolute atomic E-state index is 0.356. The Morgan fingerprint density at radius 1 is 1.20 bits per heavy atom. The van der Waals surface area contributed by atoms with Gasteiger partial charge in [0.05, 0.1) is 5.56 Å². The third-order valence-corrected chi connectivity index (χ3v) is 2.10. The zero-order valence-electron chi connectivity index (χ0n) is 8.01. The second-order valence-corrected chi connectivity index (χ2v) is 3.25.